The monoisotopic (exact) mass is 338 g/mol. The molecule has 0 aromatic rings. The van der Waals surface area contributed by atoms with Gasteiger partial charge in [0.1, 0.15) is 0 Å². The quantitative estimate of drug-likeness (QED) is 0.487. The molecule has 0 saturated carbocycles. The van der Waals surface area contributed by atoms with Crippen molar-refractivity contribution < 1.29 is 4.20 Å². The van der Waals surface area contributed by atoms with Gasteiger partial charge in [0.05, 0.1) is 0 Å². The second-order valence-electron chi connectivity index (χ2n) is 5.39. The molecule has 0 aliphatic rings. The van der Waals surface area contributed by atoms with Gasteiger partial charge >= 0.3 is 138 Å². The van der Waals surface area contributed by atoms with Gasteiger partial charge in [-0.3, -0.25) is 0 Å². The van der Waals surface area contributed by atoms with E-state index in [0.29, 0.717) is 0 Å². The van der Waals surface area contributed by atoms with Crippen LogP contribution in [-0.4, -0.2) is 71.0 Å². The predicted molar refractivity (Wildman–Crippen MR) is 99.7 cm³/mol. The molecule has 0 spiro atoms. The summed E-state index contributed by atoms with van der Waals surface area (Å²) < 4.78 is 26.1. The Kier molecular flexibility index (Phi) is 9.57. The minimum absolute atomic E-state index is 0.730. The molecule has 22 heavy (non-hydrogen) atoms. The van der Waals surface area contributed by atoms with E-state index in [2.05, 4.69) is 74.1 Å². The van der Waals surface area contributed by atoms with E-state index in [0.717, 1.165) is 52.4 Å². The Balaban J connectivity index is 6.61. The molecule has 0 radical (unpaired) electrons. The molecule has 0 aromatic heterocycles. The molecule has 0 atom stereocenters. The number of nitrogens with zero attached hydrogens (tertiary/aromatic N) is 4. The second kappa shape index (κ2) is 9.48. The van der Waals surface area contributed by atoms with E-state index in [9.17, 15) is 0 Å². The first-order valence-electron chi connectivity index (χ1n) is 9.16. The zero-order valence-corrected chi connectivity index (χ0v) is 17.2. The second-order valence-corrected chi connectivity index (χ2v) is 9.34. The molecule has 6 heteroatoms. The normalized spacial score (nSPS) is 15.0. The molecule has 0 rings (SSSR count). The van der Waals surface area contributed by atoms with Gasteiger partial charge in [-0.2, -0.15) is 0 Å². The first-order valence-corrected chi connectivity index (χ1v) is 11.1. The minimum atomic E-state index is -3.99. The third-order valence-corrected chi connectivity index (χ3v) is 11.0. The van der Waals surface area contributed by atoms with E-state index >= 15 is 4.20 Å². The summed E-state index contributed by atoms with van der Waals surface area (Å²) in [4.78, 5) is 0. The van der Waals surface area contributed by atoms with E-state index in [1.165, 1.54) is 0 Å². The van der Waals surface area contributed by atoms with Crippen LogP contribution < -0.4 is 0 Å². The van der Waals surface area contributed by atoms with Gasteiger partial charge in [0.2, 0.25) is 0 Å². The molecule has 0 aromatic carbocycles. The average Bonchev–Trinajstić information content (AvgIpc) is 2.51. The molecule has 0 fully saturated rings. The summed E-state index contributed by atoms with van der Waals surface area (Å²) in [6, 6.07) is 0. The zero-order valence-electron chi connectivity index (χ0n) is 16.3. The predicted octanol–water partition coefficient (Wildman–Crippen LogP) is 4.45. The van der Waals surface area contributed by atoms with Crippen LogP contribution in [0.1, 0.15) is 55.4 Å². The Morgan fingerprint density at radius 2 is 0.591 bits per heavy atom. The van der Waals surface area contributed by atoms with Crippen LogP contribution in [0.15, 0.2) is 0 Å². The van der Waals surface area contributed by atoms with E-state index < -0.39 is 7.52 Å². The molecular weight excluding hydrogens is 298 g/mol. The van der Waals surface area contributed by atoms with Crippen molar-refractivity contribution in [3.63, 3.8) is 0 Å². The summed E-state index contributed by atoms with van der Waals surface area (Å²) >= 11 is 0. The van der Waals surface area contributed by atoms with E-state index in [4.69, 9.17) is 0 Å². The summed E-state index contributed by atoms with van der Waals surface area (Å²) in [7, 11) is -3.99. The maximum absolute atomic E-state index is 17.7. The van der Waals surface area contributed by atoms with Crippen molar-refractivity contribution in [1.29, 1.82) is 0 Å². The van der Waals surface area contributed by atoms with Crippen molar-refractivity contribution in [2.24, 2.45) is 0 Å². The fraction of sp³-hybridized carbons (Fsp3) is 1.00. The van der Waals surface area contributed by atoms with Gasteiger partial charge in [-0.1, -0.05) is 0 Å². The Hall–Kier alpha value is 0.200. The van der Waals surface area contributed by atoms with E-state index in [1.54, 1.807) is 0 Å². The van der Waals surface area contributed by atoms with Crippen molar-refractivity contribution in [2.75, 3.05) is 52.4 Å². The van der Waals surface area contributed by atoms with Crippen molar-refractivity contribution in [1.82, 2.24) is 18.7 Å². The Bertz CT molecular complexity index is 241. The molecule has 0 saturated heterocycles. The van der Waals surface area contributed by atoms with Gasteiger partial charge < -0.3 is 0 Å². The fourth-order valence-electron chi connectivity index (χ4n) is 3.91. The molecule has 4 nitrogen and oxygen atoms in total. The zero-order chi connectivity index (χ0) is 17.4. The Morgan fingerprint density at radius 1 is 0.455 bits per heavy atom. The van der Waals surface area contributed by atoms with Crippen molar-refractivity contribution in [3.8, 4) is 0 Å². The van der Waals surface area contributed by atoms with Gasteiger partial charge in [-0.25, -0.2) is 0 Å². The van der Waals surface area contributed by atoms with Crippen LogP contribution in [0.25, 0.3) is 0 Å². The molecule has 0 aliphatic carbocycles. The van der Waals surface area contributed by atoms with Crippen LogP contribution in [0.4, 0.5) is 4.20 Å². The topological polar surface area (TPSA) is 13.0 Å². The van der Waals surface area contributed by atoms with E-state index in [-0.39, 0.29) is 0 Å². The molecule has 0 unspecified atom stereocenters. The van der Waals surface area contributed by atoms with Crippen molar-refractivity contribution >= 4 is 7.52 Å². The molecule has 0 N–H and O–H groups in total. The molecule has 136 valence electrons. The average molecular weight is 338 g/mol. The van der Waals surface area contributed by atoms with Gasteiger partial charge in [0.25, 0.3) is 0 Å². The number of rotatable bonds is 12. The van der Waals surface area contributed by atoms with Gasteiger partial charge in [0.15, 0.2) is 0 Å². The van der Waals surface area contributed by atoms with Crippen LogP contribution in [-0.2, 0) is 0 Å². The number of hydrogen-bond acceptors (Lipinski definition) is 4. The Morgan fingerprint density at radius 3 is 0.682 bits per heavy atom. The molecule has 0 amide bonds. The molecule has 0 bridgehead atoms. The maximum atomic E-state index is 17.7. The van der Waals surface area contributed by atoms with Crippen LogP contribution in [0, 0.1) is 0 Å². The van der Waals surface area contributed by atoms with Crippen LogP contribution in [0.2, 0.25) is 0 Å². The first kappa shape index (κ1) is 22.2. The summed E-state index contributed by atoms with van der Waals surface area (Å²) in [6.07, 6.45) is 0. The third-order valence-electron chi connectivity index (χ3n) is 4.87. The van der Waals surface area contributed by atoms with E-state index in [1.807, 2.05) is 0 Å². The summed E-state index contributed by atoms with van der Waals surface area (Å²) in [6.45, 7) is 22.5. The van der Waals surface area contributed by atoms with Crippen molar-refractivity contribution in [3.05, 3.63) is 0 Å². The molecule has 0 aliphatic heterocycles. The summed E-state index contributed by atoms with van der Waals surface area (Å²) in [5, 5.41) is 0. The fourth-order valence-corrected chi connectivity index (χ4v) is 9.95. The van der Waals surface area contributed by atoms with Crippen LogP contribution in [0.5, 0.6) is 0 Å². The SMILES string of the molecule is CCN(CC)P(F)(N(CC)CC)(N(CC)CC)N(CC)CC. The van der Waals surface area contributed by atoms with Gasteiger partial charge in [0, 0.05) is 0 Å². The Labute approximate surface area is 138 Å². The molecular formula is C16H40FN4P. The van der Waals surface area contributed by atoms with Crippen molar-refractivity contribution in [2.45, 2.75) is 55.4 Å². The van der Waals surface area contributed by atoms with Gasteiger partial charge in [-0.15, -0.1) is 0 Å². The summed E-state index contributed by atoms with van der Waals surface area (Å²) in [5.41, 5.74) is 0. The standard InChI is InChI=1S/C16H40FN4P/c1-9-18(10-2)22(17,19(11-3)12-4,20(13-5)14-6)21(15-7)16-8/h9-16H2,1-8H3. The third kappa shape index (κ3) is 3.21. The first-order chi connectivity index (χ1) is 10.4. The summed E-state index contributed by atoms with van der Waals surface area (Å²) in [5.74, 6) is 0. The van der Waals surface area contributed by atoms with Crippen LogP contribution in [0.3, 0.4) is 0 Å². The number of halogens is 1. The number of hydrogen-bond donors (Lipinski definition) is 0. The molecule has 0 heterocycles. The van der Waals surface area contributed by atoms with Crippen LogP contribution >= 0.6 is 7.52 Å². The van der Waals surface area contributed by atoms with Gasteiger partial charge in [-0.05, 0) is 0 Å².